The van der Waals surface area contributed by atoms with Crippen LogP contribution in [0.25, 0.3) is 0 Å². The summed E-state index contributed by atoms with van der Waals surface area (Å²) in [6.07, 6.45) is 6.86. The molecule has 0 aromatic heterocycles. The molecule has 1 aromatic rings. The molecule has 23 heavy (non-hydrogen) atoms. The van der Waals surface area contributed by atoms with Crippen molar-refractivity contribution < 1.29 is 24.2 Å². The Hall–Kier alpha value is -2.75. The van der Waals surface area contributed by atoms with Gasteiger partial charge >= 0.3 is 5.97 Å². The fraction of sp³-hybridized carbons (Fsp3) is 0.438. The van der Waals surface area contributed by atoms with Crippen LogP contribution in [0.4, 0.5) is 0 Å². The van der Waals surface area contributed by atoms with Gasteiger partial charge in [-0.3, -0.25) is 4.79 Å². The SMILES string of the molecule is C#CCOc1ccc(CCOC(=O)CCCCO[N+](=O)[O-])cc1. The van der Waals surface area contributed by atoms with E-state index in [0.29, 0.717) is 25.0 Å². The number of nitrogens with zero attached hydrogens (tertiary/aromatic N) is 1. The lowest BCUT2D eigenvalue weighted by Gasteiger charge is -2.06. The largest absolute Gasteiger partial charge is 0.481 e. The number of rotatable bonds is 11. The second-order valence-electron chi connectivity index (χ2n) is 4.62. The topological polar surface area (TPSA) is 87.9 Å². The molecule has 0 aliphatic rings. The number of terminal acetylenes is 1. The van der Waals surface area contributed by atoms with E-state index < -0.39 is 5.09 Å². The molecule has 0 saturated heterocycles. The maximum Gasteiger partial charge on any atom is 0.305 e. The van der Waals surface area contributed by atoms with Crippen molar-refractivity contribution in [2.45, 2.75) is 25.7 Å². The summed E-state index contributed by atoms with van der Waals surface area (Å²) in [6.45, 7) is 0.507. The van der Waals surface area contributed by atoms with E-state index in [1.165, 1.54) is 0 Å². The van der Waals surface area contributed by atoms with Crippen molar-refractivity contribution in [1.29, 1.82) is 0 Å². The minimum Gasteiger partial charge on any atom is -0.481 e. The highest BCUT2D eigenvalue weighted by molar-refractivity contribution is 5.69. The molecule has 7 heteroatoms. The summed E-state index contributed by atoms with van der Waals surface area (Å²) < 4.78 is 10.4. The van der Waals surface area contributed by atoms with Gasteiger partial charge in [-0.2, -0.15) is 0 Å². The summed E-state index contributed by atoms with van der Waals surface area (Å²) in [5.41, 5.74) is 1.02. The fourth-order valence-corrected chi connectivity index (χ4v) is 1.74. The van der Waals surface area contributed by atoms with Crippen molar-refractivity contribution in [3.63, 3.8) is 0 Å². The highest BCUT2D eigenvalue weighted by Gasteiger charge is 2.04. The average molecular weight is 321 g/mol. The Morgan fingerprint density at radius 1 is 1.22 bits per heavy atom. The molecule has 0 atom stereocenters. The Morgan fingerprint density at radius 2 is 1.96 bits per heavy atom. The summed E-state index contributed by atoms with van der Waals surface area (Å²) in [5, 5.41) is 9.07. The highest BCUT2D eigenvalue weighted by atomic mass is 16.9. The first-order valence-electron chi connectivity index (χ1n) is 7.20. The molecular weight excluding hydrogens is 302 g/mol. The van der Waals surface area contributed by atoms with Gasteiger partial charge in [0.2, 0.25) is 0 Å². The lowest BCUT2D eigenvalue weighted by molar-refractivity contribution is -0.757. The molecule has 7 nitrogen and oxygen atoms in total. The van der Waals surface area contributed by atoms with Gasteiger partial charge in [-0.15, -0.1) is 16.5 Å². The van der Waals surface area contributed by atoms with Crippen molar-refractivity contribution in [2.75, 3.05) is 19.8 Å². The van der Waals surface area contributed by atoms with Gasteiger partial charge in [0, 0.05) is 12.8 Å². The van der Waals surface area contributed by atoms with Gasteiger partial charge in [-0.1, -0.05) is 18.1 Å². The molecule has 0 fully saturated rings. The van der Waals surface area contributed by atoms with E-state index in [4.69, 9.17) is 15.9 Å². The van der Waals surface area contributed by atoms with Crippen LogP contribution in [0, 0.1) is 22.5 Å². The average Bonchev–Trinajstić information content (AvgIpc) is 2.53. The van der Waals surface area contributed by atoms with Gasteiger partial charge in [0.15, 0.2) is 0 Å². The van der Waals surface area contributed by atoms with Crippen LogP contribution >= 0.6 is 0 Å². The maximum atomic E-state index is 11.5. The van der Waals surface area contributed by atoms with Crippen molar-refractivity contribution >= 4 is 5.97 Å². The van der Waals surface area contributed by atoms with Crippen LogP contribution in [0.15, 0.2) is 24.3 Å². The normalized spacial score (nSPS) is 9.70. The smallest absolute Gasteiger partial charge is 0.305 e. The first kappa shape index (κ1) is 18.3. The number of ether oxygens (including phenoxy) is 2. The number of carbonyl (C=O) groups excluding carboxylic acids is 1. The standard InChI is InChI=1S/C16H19NO6/c1-2-11-21-15-8-6-14(7-9-15)10-13-22-16(18)5-3-4-12-23-17(19)20/h1,6-9H,3-5,10-13H2. The first-order valence-corrected chi connectivity index (χ1v) is 7.20. The van der Waals surface area contributed by atoms with Crippen molar-refractivity contribution in [1.82, 2.24) is 0 Å². The second-order valence-corrected chi connectivity index (χ2v) is 4.62. The number of hydrogen-bond donors (Lipinski definition) is 0. The Labute approximate surface area is 134 Å². The predicted octanol–water partition coefficient (Wildman–Crippen LogP) is 2.16. The number of hydrogen-bond acceptors (Lipinski definition) is 6. The number of esters is 1. The predicted molar refractivity (Wildman–Crippen MR) is 82.2 cm³/mol. The zero-order valence-electron chi connectivity index (χ0n) is 12.7. The van der Waals surface area contributed by atoms with Crippen LogP contribution in [0.5, 0.6) is 5.75 Å². The fourth-order valence-electron chi connectivity index (χ4n) is 1.74. The Morgan fingerprint density at radius 3 is 2.61 bits per heavy atom. The third-order valence-electron chi connectivity index (χ3n) is 2.87. The zero-order chi connectivity index (χ0) is 16.9. The summed E-state index contributed by atoms with van der Waals surface area (Å²) in [6, 6.07) is 7.39. The molecule has 0 amide bonds. The van der Waals surface area contributed by atoms with E-state index in [1.54, 1.807) is 0 Å². The molecule has 0 aliphatic heterocycles. The molecule has 124 valence electrons. The van der Waals surface area contributed by atoms with Gasteiger partial charge in [-0.25, -0.2) is 0 Å². The van der Waals surface area contributed by atoms with E-state index >= 15 is 0 Å². The van der Waals surface area contributed by atoms with Crippen LogP contribution in [-0.4, -0.2) is 30.9 Å². The van der Waals surface area contributed by atoms with E-state index in [0.717, 1.165) is 5.56 Å². The lowest BCUT2D eigenvalue weighted by atomic mass is 10.1. The molecule has 0 radical (unpaired) electrons. The lowest BCUT2D eigenvalue weighted by Crippen LogP contribution is -2.08. The molecule has 0 spiro atoms. The number of carbonyl (C=O) groups is 1. The third-order valence-corrected chi connectivity index (χ3v) is 2.87. The van der Waals surface area contributed by atoms with Crippen LogP contribution < -0.4 is 4.74 Å². The molecule has 0 saturated carbocycles. The minimum atomic E-state index is -0.846. The van der Waals surface area contributed by atoms with Gasteiger partial charge in [-0.05, 0) is 30.5 Å². The molecule has 0 heterocycles. The summed E-state index contributed by atoms with van der Waals surface area (Å²) in [5.74, 6) is 2.76. The number of unbranched alkanes of at least 4 members (excludes halogenated alkanes) is 1. The molecule has 1 rings (SSSR count). The third kappa shape index (κ3) is 8.98. The van der Waals surface area contributed by atoms with Gasteiger partial charge in [0.25, 0.3) is 5.09 Å². The number of benzene rings is 1. The molecule has 0 aliphatic carbocycles. The monoisotopic (exact) mass is 321 g/mol. The van der Waals surface area contributed by atoms with E-state index in [9.17, 15) is 14.9 Å². The van der Waals surface area contributed by atoms with Crippen LogP contribution in [-0.2, 0) is 20.8 Å². The second kappa shape index (κ2) is 10.9. The van der Waals surface area contributed by atoms with Crippen molar-refractivity contribution in [3.8, 4) is 18.1 Å². The Kier molecular flexibility index (Phi) is 8.67. The minimum absolute atomic E-state index is 0.00558. The van der Waals surface area contributed by atoms with Gasteiger partial charge in [0.1, 0.15) is 12.4 Å². The Bertz CT molecular complexity index is 534. The van der Waals surface area contributed by atoms with Gasteiger partial charge in [0.05, 0.1) is 13.2 Å². The van der Waals surface area contributed by atoms with Crippen LogP contribution in [0.3, 0.4) is 0 Å². The Balaban J connectivity index is 2.12. The summed E-state index contributed by atoms with van der Waals surface area (Å²) in [4.78, 5) is 25.5. The maximum absolute atomic E-state index is 11.5. The zero-order valence-corrected chi connectivity index (χ0v) is 12.7. The van der Waals surface area contributed by atoms with E-state index in [2.05, 4.69) is 10.8 Å². The van der Waals surface area contributed by atoms with E-state index in [-0.39, 0.29) is 32.2 Å². The molecular formula is C16H19NO6. The summed E-state index contributed by atoms with van der Waals surface area (Å²) in [7, 11) is 0. The summed E-state index contributed by atoms with van der Waals surface area (Å²) >= 11 is 0. The van der Waals surface area contributed by atoms with E-state index in [1.807, 2.05) is 24.3 Å². The van der Waals surface area contributed by atoms with Crippen LogP contribution in [0.2, 0.25) is 0 Å². The van der Waals surface area contributed by atoms with Gasteiger partial charge < -0.3 is 14.3 Å². The van der Waals surface area contributed by atoms with Crippen molar-refractivity contribution in [3.05, 3.63) is 39.9 Å². The van der Waals surface area contributed by atoms with Crippen molar-refractivity contribution in [2.24, 2.45) is 0 Å². The molecule has 0 bridgehead atoms. The quantitative estimate of drug-likeness (QED) is 0.204. The molecule has 0 N–H and O–H groups in total. The molecule has 1 aromatic carbocycles. The van der Waals surface area contributed by atoms with Crippen LogP contribution in [0.1, 0.15) is 24.8 Å². The molecule has 0 unspecified atom stereocenters. The highest BCUT2D eigenvalue weighted by Crippen LogP contribution is 2.12. The first-order chi connectivity index (χ1) is 11.1.